The first-order chi connectivity index (χ1) is 11.7. The second-order valence-electron chi connectivity index (χ2n) is 3.99. The van der Waals surface area contributed by atoms with Gasteiger partial charge in [0.15, 0.2) is 0 Å². The van der Waals surface area contributed by atoms with E-state index in [1.165, 1.54) is 0 Å². The maximum atomic E-state index is 12.0. The van der Waals surface area contributed by atoms with E-state index < -0.39 is 50.5 Å². The van der Waals surface area contributed by atoms with Crippen molar-refractivity contribution < 1.29 is 93.0 Å². The van der Waals surface area contributed by atoms with Crippen LogP contribution in [0.25, 0.3) is 0 Å². The number of halogens is 12. The van der Waals surface area contributed by atoms with Crippen LogP contribution in [0.2, 0.25) is 0 Å². The largest absolute Gasteiger partial charge is 2.00 e. The molecule has 31 heavy (non-hydrogen) atoms. The molecule has 0 rings (SSSR count). The zero-order valence-electron chi connectivity index (χ0n) is 14.2. The van der Waals surface area contributed by atoms with Crippen LogP contribution in [0, 0.1) is 0 Å². The second kappa shape index (κ2) is 15.3. The molecule has 0 spiro atoms. The predicted molar refractivity (Wildman–Crippen MR) is 62.9 cm³/mol. The molecule has 0 amide bonds. The molecule has 0 aromatic rings. The Bertz CT molecular complexity index is 396. The molecule has 170 valence electrons. The van der Waals surface area contributed by atoms with E-state index in [0.717, 1.165) is 0 Å². The Balaban J connectivity index is -0.000000122. The second-order valence-corrected chi connectivity index (χ2v) is 3.99. The molecule has 0 fully saturated rings. The van der Waals surface area contributed by atoms with Crippen LogP contribution in [0.1, 0.15) is 0 Å². The first-order valence-electron chi connectivity index (χ1n) is 5.38. The quantitative estimate of drug-likeness (QED) is 0.251. The van der Waals surface area contributed by atoms with Crippen LogP contribution in [0.15, 0.2) is 0 Å². The molecule has 8 nitrogen and oxygen atoms in total. The van der Waals surface area contributed by atoms with Crippen molar-refractivity contribution in [2.75, 3.05) is 0 Å². The third kappa shape index (κ3) is 12.5. The van der Waals surface area contributed by atoms with Crippen molar-refractivity contribution in [2.24, 2.45) is 0 Å². The maximum absolute atomic E-state index is 12.0. The number of hydrogen-bond donors (Lipinski definition) is 2. The van der Waals surface area contributed by atoms with Crippen molar-refractivity contribution in [3.05, 3.63) is 0 Å². The van der Waals surface area contributed by atoms with Gasteiger partial charge in [0.05, 0.1) is 0 Å². The molecule has 0 bridgehead atoms. The van der Waals surface area contributed by atoms with Gasteiger partial charge in [-0.15, -0.1) is 0 Å². The normalized spacial score (nSPS) is 12.4. The van der Waals surface area contributed by atoms with Gasteiger partial charge in [0.25, 0.3) is 0 Å². The number of rotatable bonds is 1. The van der Waals surface area contributed by atoms with E-state index in [4.69, 9.17) is 40.4 Å². The summed E-state index contributed by atoms with van der Waals surface area (Å²) in [6.07, 6.45) is -30.1. The van der Waals surface area contributed by atoms with Crippen LogP contribution < -0.4 is 30.1 Å². The first kappa shape index (κ1) is 45.7. The van der Waals surface area contributed by atoms with E-state index in [2.05, 4.69) is 0 Å². The molecule has 0 aromatic carbocycles. The van der Waals surface area contributed by atoms with Gasteiger partial charge in [-0.25, -0.2) is 0 Å². The minimum Gasteiger partial charge on any atom is -0.907 e. The summed E-state index contributed by atoms with van der Waals surface area (Å²) in [5.41, 5.74) is -15.0. The molecule has 0 saturated carbocycles. The third-order valence-electron chi connectivity index (χ3n) is 2.16. The van der Waals surface area contributed by atoms with Gasteiger partial charge >= 0.3 is 105 Å². The van der Waals surface area contributed by atoms with Gasteiger partial charge in [0, 0.05) is 0 Å². The maximum Gasteiger partial charge on any atom is 2.00 e. The fraction of sp³-hybridized carbons (Fsp3) is 1.00. The standard InChI is InChI=1S/C6H2F12O2.2BO3.3Mg/c7-3(8,9)1(19,4(10,11)12)2(20,5(13,14)15)6(16,17)18;2*2-1(3)4;;;/h19-20H;;;;;/q;2*-3;3*+2. The van der Waals surface area contributed by atoms with E-state index in [1.807, 2.05) is 0 Å². The SMILES string of the molecule is OC(C(F)(F)F)(C(F)(F)F)C(O)(C(F)(F)F)C(F)(F)F.[Mg+2].[Mg+2].[Mg+2].[O-]B([O-])[O-].[O-]B([O-])[O-]. The Labute approximate surface area is 212 Å². The number of aliphatic hydroxyl groups is 2. The molecule has 0 radical (unpaired) electrons. The smallest absolute Gasteiger partial charge is 0.907 e. The molecule has 2 N–H and O–H groups in total. The molecule has 0 heterocycles. The van der Waals surface area contributed by atoms with Crippen LogP contribution in [0.5, 0.6) is 0 Å². The number of hydrogen-bond acceptors (Lipinski definition) is 8. The van der Waals surface area contributed by atoms with Crippen molar-refractivity contribution >= 4 is 83.8 Å². The Morgan fingerprint density at radius 3 is 0.484 bits per heavy atom. The van der Waals surface area contributed by atoms with Crippen LogP contribution in [-0.2, 0) is 0 Å². The summed E-state index contributed by atoms with van der Waals surface area (Å²) < 4.78 is 144. The molecular formula is C6H2B2F12Mg3O8. The van der Waals surface area contributed by atoms with Crippen LogP contribution in [0.4, 0.5) is 52.7 Å². The monoisotopic (exact) mass is 524 g/mol. The average molecular weight is 525 g/mol. The summed E-state index contributed by atoms with van der Waals surface area (Å²) in [5.74, 6) is 0. The summed E-state index contributed by atoms with van der Waals surface area (Å²) in [7, 11) is -5.83. The third-order valence-corrected chi connectivity index (χ3v) is 2.16. The van der Waals surface area contributed by atoms with Crippen molar-refractivity contribution in [1.82, 2.24) is 0 Å². The molecule has 0 atom stereocenters. The minimum atomic E-state index is -7.52. The summed E-state index contributed by atoms with van der Waals surface area (Å²) in [6, 6.07) is 0. The van der Waals surface area contributed by atoms with Crippen molar-refractivity contribution in [3.8, 4) is 0 Å². The summed E-state index contributed by atoms with van der Waals surface area (Å²) >= 11 is 0. The summed E-state index contributed by atoms with van der Waals surface area (Å²) in [5, 5.41) is 66.8. The molecule has 0 unspecified atom stereocenters. The average Bonchev–Trinajstić information content (AvgIpc) is 2.29. The van der Waals surface area contributed by atoms with Crippen molar-refractivity contribution in [3.63, 3.8) is 0 Å². The van der Waals surface area contributed by atoms with Gasteiger partial charge in [-0.05, 0) is 0 Å². The number of alkyl halides is 12. The topological polar surface area (TPSA) is 179 Å². The predicted octanol–water partition coefficient (Wildman–Crippen LogP) is -6.34. The zero-order chi connectivity index (χ0) is 24.2. The molecule has 0 aliphatic heterocycles. The van der Waals surface area contributed by atoms with Gasteiger partial charge in [0.2, 0.25) is 0 Å². The van der Waals surface area contributed by atoms with Gasteiger partial charge in [-0.2, -0.15) is 52.7 Å². The minimum absolute atomic E-state index is 0. The Kier molecular flexibility index (Phi) is 22.6. The molecule has 25 heteroatoms. The first-order valence-corrected chi connectivity index (χ1v) is 5.38. The van der Waals surface area contributed by atoms with Gasteiger partial charge in [-0.1, -0.05) is 0 Å². The Morgan fingerprint density at radius 1 is 0.387 bits per heavy atom. The van der Waals surface area contributed by atoms with E-state index in [1.54, 1.807) is 0 Å². The Hall–Kier alpha value is 1.27. The van der Waals surface area contributed by atoms with E-state index >= 15 is 0 Å². The molecule has 0 aliphatic carbocycles. The molecular weight excluding hydrogens is 523 g/mol. The summed E-state index contributed by atoms with van der Waals surface area (Å²) in [6.45, 7) is 0. The van der Waals surface area contributed by atoms with Gasteiger partial charge in [0.1, 0.15) is 0 Å². The molecule has 0 aromatic heterocycles. The molecule has 0 aliphatic rings. The van der Waals surface area contributed by atoms with E-state index in [-0.39, 0.29) is 69.2 Å². The van der Waals surface area contributed by atoms with E-state index in [0.29, 0.717) is 0 Å². The fourth-order valence-corrected chi connectivity index (χ4v) is 1.14. The van der Waals surface area contributed by atoms with Crippen LogP contribution in [-0.4, -0.2) is 130 Å². The zero-order valence-corrected chi connectivity index (χ0v) is 18.4. The van der Waals surface area contributed by atoms with Crippen molar-refractivity contribution in [1.29, 1.82) is 0 Å². The Morgan fingerprint density at radius 2 is 0.452 bits per heavy atom. The van der Waals surface area contributed by atoms with Gasteiger partial charge in [-0.3, -0.25) is 14.6 Å². The van der Waals surface area contributed by atoms with E-state index in [9.17, 15) is 52.7 Å². The van der Waals surface area contributed by atoms with Crippen LogP contribution in [0.3, 0.4) is 0 Å². The van der Waals surface area contributed by atoms with Crippen molar-refractivity contribution in [2.45, 2.75) is 35.9 Å². The summed E-state index contributed by atoms with van der Waals surface area (Å²) in [4.78, 5) is 0. The van der Waals surface area contributed by atoms with Crippen LogP contribution >= 0.6 is 0 Å². The van der Waals surface area contributed by atoms with Gasteiger partial charge < -0.3 is 40.4 Å². The fourth-order valence-electron chi connectivity index (χ4n) is 1.14. The molecule has 0 saturated heterocycles.